The first-order valence-corrected chi connectivity index (χ1v) is 5.66. The lowest BCUT2D eigenvalue weighted by atomic mass is 10.3. The minimum atomic E-state index is -1.16. The number of carboxylic acid groups (broad SMARTS) is 1. The van der Waals surface area contributed by atoms with Crippen molar-refractivity contribution in [3.63, 3.8) is 0 Å². The minimum Gasteiger partial charge on any atom is -0.479 e. The molecule has 0 aliphatic carbocycles. The molecular formula is C12H12N2O6. The number of carbonyl (C=O) groups is 2. The summed E-state index contributed by atoms with van der Waals surface area (Å²) in [4.78, 5) is 22.5. The van der Waals surface area contributed by atoms with E-state index in [2.05, 4.69) is 15.2 Å². The van der Waals surface area contributed by atoms with Crippen molar-refractivity contribution in [3.8, 4) is 11.5 Å². The molecule has 0 radical (unpaired) electrons. The third kappa shape index (κ3) is 3.04. The first-order valence-electron chi connectivity index (χ1n) is 5.66. The molecule has 2 N–H and O–H groups in total. The summed E-state index contributed by atoms with van der Waals surface area (Å²) in [6.45, 7) is -0.173. The van der Waals surface area contributed by atoms with Gasteiger partial charge in [-0.2, -0.15) is 0 Å². The molecule has 8 heteroatoms. The van der Waals surface area contributed by atoms with Gasteiger partial charge in [0.25, 0.3) is 5.91 Å². The summed E-state index contributed by atoms with van der Waals surface area (Å²) in [6, 6.07) is 4.73. The summed E-state index contributed by atoms with van der Waals surface area (Å²) in [6.07, 6.45) is 0.351. The highest BCUT2D eigenvalue weighted by Gasteiger charge is 2.20. The van der Waals surface area contributed by atoms with Crippen molar-refractivity contribution >= 4 is 11.9 Å². The molecule has 0 aromatic carbocycles. The van der Waals surface area contributed by atoms with Crippen LogP contribution in [0.3, 0.4) is 0 Å². The van der Waals surface area contributed by atoms with E-state index in [-0.39, 0.29) is 12.2 Å². The molecule has 2 heterocycles. The van der Waals surface area contributed by atoms with E-state index in [0.29, 0.717) is 11.5 Å². The second kappa shape index (κ2) is 6.02. The van der Waals surface area contributed by atoms with Crippen LogP contribution < -0.4 is 5.32 Å². The Kier molecular flexibility index (Phi) is 4.16. The fourth-order valence-electron chi connectivity index (χ4n) is 1.46. The van der Waals surface area contributed by atoms with Crippen molar-refractivity contribution in [1.82, 2.24) is 10.5 Å². The average molecular weight is 280 g/mol. The molecule has 2 aromatic heterocycles. The Balaban J connectivity index is 1.98. The van der Waals surface area contributed by atoms with E-state index in [1.54, 1.807) is 12.1 Å². The fraction of sp³-hybridized carbons (Fsp3) is 0.250. The molecular weight excluding hydrogens is 268 g/mol. The van der Waals surface area contributed by atoms with Crippen LogP contribution in [-0.4, -0.2) is 41.9 Å². The zero-order valence-corrected chi connectivity index (χ0v) is 10.5. The van der Waals surface area contributed by atoms with Crippen LogP contribution in [0.15, 0.2) is 33.4 Å². The summed E-state index contributed by atoms with van der Waals surface area (Å²) in [5, 5.41) is 14.7. The number of nitrogens with one attached hydrogen (secondary N) is 1. The molecule has 0 saturated heterocycles. The third-order valence-corrected chi connectivity index (χ3v) is 2.51. The van der Waals surface area contributed by atoms with Gasteiger partial charge in [-0.3, -0.25) is 4.79 Å². The van der Waals surface area contributed by atoms with Crippen molar-refractivity contribution in [2.45, 2.75) is 6.10 Å². The molecule has 0 bridgehead atoms. The molecule has 1 amide bonds. The van der Waals surface area contributed by atoms with Crippen molar-refractivity contribution in [2.24, 2.45) is 0 Å². The molecule has 0 aliphatic heterocycles. The monoisotopic (exact) mass is 280 g/mol. The van der Waals surface area contributed by atoms with Gasteiger partial charge in [0, 0.05) is 13.2 Å². The maximum Gasteiger partial charge on any atom is 0.334 e. The standard InChI is InChI=1S/C12H12N2O6/c1-18-10(12(16)17)6-13-11(15)7-5-9(20-14-7)8-3-2-4-19-8/h2-5,10H,6H2,1H3,(H,13,15)(H,16,17). The highest BCUT2D eigenvalue weighted by atomic mass is 16.5. The number of furan rings is 1. The van der Waals surface area contributed by atoms with Gasteiger partial charge in [0.05, 0.1) is 12.8 Å². The predicted octanol–water partition coefficient (Wildman–Crippen LogP) is 0.764. The molecule has 0 aliphatic rings. The quantitative estimate of drug-likeness (QED) is 0.802. The molecule has 0 spiro atoms. The van der Waals surface area contributed by atoms with Crippen molar-refractivity contribution in [3.05, 3.63) is 30.2 Å². The lowest BCUT2D eigenvalue weighted by Crippen LogP contribution is -2.37. The summed E-state index contributed by atoms with van der Waals surface area (Å²) in [5.74, 6) is -0.974. The van der Waals surface area contributed by atoms with Gasteiger partial charge in [0.15, 0.2) is 17.6 Å². The molecule has 20 heavy (non-hydrogen) atoms. The number of aliphatic carboxylic acids is 1. The van der Waals surface area contributed by atoms with Gasteiger partial charge in [-0.1, -0.05) is 5.16 Å². The Morgan fingerprint density at radius 2 is 2.30 bits per heavy atom. The normalized spacial score (nSPS) is 12.1. The van der Waals surface area contributed by atoms with Crippen molar-refractivity contribution < 1.29 is 28.4 Å². The van der Waals surface area contributed by atoms with Crippen LogP contribution in [0.2, 0.25) is 0 Å². The summed E-state index contributed by atoms with van der Waals surface area (Å²) in [5.41, 5.74) is 0.0247. The van der Waals surface area contributed by atoms with E-state index in [1.165, 1.54) is 19.4 Å². The van der Waals surface area contributed by atoms with E-state index < -0.39 is 18.0 Å². The smallest absolute Gasteiger partial charge is 0.334 e. The molecule has 2 aromatic rings. The van der Waals surface area contributed by atoms with Gasteiger partial charge >= 0.3 is 5.97 Å². The molecule has 8 nitrogen and oxygen atoms in total. The third-order valence-electron chi connectivity index (χ3n) is 2.51. The first kappa shape index (κ1) is 13.8. The summed E-state index contributed by atoms with van der Waals surface area (Å²) in [7, 11) is 1.25. The second-order valence-electron chi connectivity index (χ2n) is 3.83. The topological polar surface area (TPSA) is 115 Å². The lowest BCUT2D eigenvalue weighted by molar-refractivity contribution is -0.148. The van der Waals surface area contributed by atoms with Crippen LogP contribution in [0.25, 0.3) is 11.5 Å². The number of carboxylic acids is 1. The minimum absolute atomic E-state index is 0.0247. The maximum absolute atomic E-state index is 11.8. The Bertz CT molecular complexity index is 589. The van der Waals surface area contributed by atoms with Gasteiger partial charge in [-0.15, -0.1) is 0 Å². The number of ether oxygens (including phenoxy) is 1. The Hall–Kier alpha value is -2.61. The van der Waals surface area contributed by atoms with Gasteiger partial charge in [-0.25, -0.2) is 4.79 Å². The first-order chi connectivity index (χ1) is 9.61. The van der Waals surface area contributed by atoms with E-state index in [1.807, 2.05) is 0 Å². The zero-order valence-electron chi connectivity index (χ0n) is 10.5. The van der Waals surface area contributed by atoms with E-state index >= 15 is 0 Å². The SMILES string of the molecule is COC(CNC(=O)c1cc(-c2ccco2)on1)C(=O)O. The Labute approximate surface area is 113 Å². The molecule has 106 valence electrons. The van der Waals surface area contributed by atoms with Gasteiger partial charge in [-0.05, 0) is 12.1 Å². The van der Waals surface area contributed by atoms with E-state index in [4.69, 9.17) is 14.0 Å². The van der Waals surface area contributed by atoms with Crippen molar-refractivity contribution in [1.29, 1.82) is 0 Å². The van der Waals surface area contributed by atoms with Crippen LogP contribution in [-0.2, 0) is 9.53 Å². The summed E-state index contributed by atoms with van der Waals surface area (Å²) >= 11 is 0. The Morgan fingerprint density at radius 3 is 2.90 bits per heavy atom. The number of rotatable bonds is 6. The van der Waals surface area contributed by atoms with Crippen LogP contribution >= 0.6 is 0 Å². The summed E-state index contributed by atoms with van der Waals surface area (Å²) < 4.78 is 14.7. The van der Waals surface area contributed by atoms with Crippen LogP contribution in [0.4, 0.5) is 0 Å². The van der Waals surface area contributed by atoms with Crippen LogP contribution in [0.1, 0.15) is 10.5 Å². The van der Waals surface area contributed by atoms with Gasteiger partial charge < -0.3 is 24.1 Å². The maximum atomic E-state index is 11.8. The Morgan fingerprint density at radius 1 is 1.50 bits per heavy atom. The molecule has 0 saturated carbocycles. The van der Waals surface area contributed by atoms with Crippen molar-refractivity contribution in [2.75, 3.05) is 13.7 Å². The highest BCUT2D eigenvalue weighted by Crippen LogP contribution is 2.20. The highest BCUT2D eigenvalue weighted by molar-refractivity contribution is 5.93. The molecule has 1 unspecified atom stereocenters. The number of carbonyl (C=O) groups excluding carboxylic acids is 1. The second-order valence-corrected chi connectivity index (χ2v) is 3.83. The number of hydrogen-bond acceptors (Lipinski definition) is 6. The van der Waals surface area contributed by atoms with Gasteiger partial charge in [0.1, 0.15) is 0 Å². The molecule has 1 atom stereocenters. The van der Waals surface area contributed by atoms with E-state index in [9.17, 15) is 9.59 Å². The molecule has 0 fully saturated rings. The van der Waals surface area contributed by atoms with E-state index in [0.717, 1.165) is 0 Å². The fourth-order valence-corrected chi connectivity index (χ4v) is 1.46. The largest absolute Gasteiger partial charge is 0.479 e. The predicted molar refractivity (Wildman–Crippen MR) is 65.0 cm³/mol. The average Bonchev–Trinajstić information content (AvgIpc) is 3.09. The van der Waals surface area contributed by atoms with Crippen LogP contribution in [0.5, 0.6) is 0 Å². The van der Waals surface area contributed by atoms with Gasteiger partial charge in [0.2, 0.25) is 5.76 Å². The molecule has 2 rings (SSSR count). The number of amides is 1. The number of methoxy groups -OCH3 is 1. The number of hydrogen-bond donors (Lipinski definition) is 2. The lowest BCUT2D eigenvalue weighted by Gasteiger charge is -2.10. The number of nitrogens with zero attached hydrogens (tertiary/aromatic N) is 1. The van der Waals surface area contributed by atoms with Crippen LogP contribution in [0, 0.1) is 0 Å². The number of aromatic nitrogens is 1. The zero-order chi connectivity index (χ0) is 14.5.